The minimum atomic E-state index is -0.206. The zero-order valence-electron chi connectivity index (χ0n) is 14.5. The van der Waals surface area contributed by atoms with Gasteiger partial charge in [-0.05, 0) is 42.9 Å². The maximum Gasteiger partial charge on any atom is 0.217 e. The fourth-order valence-electron chi connectivity index (χ4n) is 3.60. The van der Waals surface area contributed by atoms with E-state index in [1.54, 1.807) is 0 Å². The van der Waals surface area contributed by atoms with Crippen molar-refractivity contribution in [3.8, 4) is 0 Å². The minimum absolute atomic E-state index is 0. The Morgan fingerprint density at radius 2 is 2.12 bits per heavy atom. The molecule has 0 spiro atoms. The summed E-state index contributed by atoms with van der Waals surface area (Å²) in [4.78, 5) is 17.9. The fraction of sp³-hybridized carbons (Fsp3) is 0.556. The average Bonchev–Trinajstić information content (AvgIpc) is 3.32. The molecule has 5 nitrogen and oxygen atoms in total. The van der Waals surface area contributed by atoms with Crippen molar-refractivity contribution in [3.05, 3.63) is 34.3 Å². The molecule has 1 aromatic carbocycles. The summed E-state index contributed by atoms with van der Waals surface area (Å²) in [6.07, 6.45) is 3.76. The highest BCUT2D eigenvalue weighted by Crippen LogP contribution is 2.41. The number of aliphatic imine (C=N–C) groups is 1. The van der Waals surface area contributed by atoms with Crippen LogP contribution in [-0.2, 0) is 4.79 Å². The summed E-state index contributed by atoms with van der Waals surface area (Å²) in [5, 5.41) is 3.60. The topological polar surface area (TPSA) is 70.7 Å². The predicted octanol–water partition coefficient (Wildman–Crippen LogP) is 3.09. The molecular weight excluding hydrogens is 495 g/mol. The summed E-state index contributed by atoms with van der Waals surface area (Å²) in [5.41, 5.74) is 6.73. The number of carbonyl (C=O) groups excluding carboxylic acids is 1. The second-order valence-electron chi connectivity index (χ2n) is 6.82. The molecule has 1 saturated carbocycles. The summed E-state index contributed by atoms with van der Waals surface area (Å²) in [5.74, 6) is 1.65. The van der Waals surface area contributed by atoms with Crippen molar-refractivity contribution < 1.29 is 4.79 Å². The van der Waals surface area contributed by atoms with Gasteiger partial charge >= 0.3 is 0 Å². The maximum absolute atomic E-state index is 11.2. The van der Waals surface area contributed by atoms with Crippen LogP contribution < -0.4 is 11.1 Å². The van der Waals surface area contributed by atoms with Crippen LogP contribution in [0, 0.1) is 5.92 Å². The lowest BCUT2D eigenvalue weighted by Gasteiger charge is -2.34. The SMILES string of the molecule is CN=C(NC1CC1c1ccc(Br)cc1)N1CCCC(CC(N)=O)C1.I. The van der Waals surface area contributed by atoms with Crippen molar-refractivity contribution in [3.63, 3.8) is 0 Å². The molecule has 2 aliphatic rings. The molecule has 0 bridgehead atoms. The van der Waals surface area contributed by atoms with Gasteiger partial charge in [0.1, 0.15) is 0 Å². The summed E-state index contributed by atoms with van der Waals surface area (Å²) < 4.78 is 1.11. The van der Waals surface area contributed by atoms with Crippen LogP contribution in [0.15, 0.2) is 33.7 Å². The van der Waals surface area contributed by atoms with Gasteiger partial charge in [0.05, 0.1) is 0 Å². The molecule has 1 aromatic rings. The highest BCUT2D eigenvalue weighted by molar-refractivity contribution is 14.0. The Balaban J connectivity index is 0.00000225. The molecular formula is C18H26BrIN4O. The number of likely N-dealkylation sites (tertiary alicyclic amines) is 1. The number of nitrogens with one attached hydrogen (secondary N) is 1. The van der Waals surface area contributed by atoms with Gasteiger partial charge in [0, 0.05) is 43.0 Å². The van der Waals surface area contributed by atoms with Crippen LogP contribution in [0.3, 0.4) is 0 Å². The van der Waals surface area contributed by atoms with Crippen LogP contribution in [0.25, 0.3) is 0 Å². The third-order valence-corrected chi connectivity index (χ3v) is 5.45. The predicted molar refractivity (Wildman–Crippen MR) is 115 cm³/mol. The molecule has 3 unspecified atom stereocenters. The van der Waals surface area contributed by atoms with Gasteiger partial charge in [-0.15, -0.1) is 24.0 Å². The van der Waals surface area contributed by atoms with E-state index in [1.807, 2.05) is 7.05 Å². The van der Waals surface area contributed by atoms with Crippen molar-refractivity contribution in [1.82, 2.24) is 10.2 Å². The molecule has 0 radical (unpaired) electrons. The standard InChI is InChI=1S/C18H25BrN4O.HI/c1-21-18(23-8-2-3-12(11-23)9-17(20)24)22-16-10-15(16)13-4-6-14(19)7-5-13;/h4-7,12,15-16H,2-3,8-11H2,1H3,(H2,20,24)(H,21,22);1H. The van der Waals surface area contributed by atoms with Crippen LogP contribution in [-0.4, -0.2) is 42.9 Å². The summed E-state index contributed by atoms with van der Waals surface area (Å²) in [6, 6.07) is 9.00. The van der Waals surface area contributed by atoms with E-state index in [2.05, 4.69) is 55.4 Å². The van der Waals surface area contributed by atoms with Gasteiger partial charge in [-0.3, -0.25) is 9.79 Å². The normalized spacial score (nSPS) is 25.9. The lowest BCUT2D eigenvalue weighted by atomic mass is 9.95. The highest BCUT2D eigenvalue weighted by Gasteiger charge is 2.39. The van der Waals surface area contributed by atoms with Crippen molar-refractivity contribution >= 4 is 51.8 Å². The number of halogens is 2. The van der Waals surface area contributed by atoms with Crippen LogP contribution >= 0.6 is 39.9 Å². The van der Waals surface area contributed by atoms with Gasteiger partial charge in [0.15, 0.2) is 5.96 Å². The highest BCUT2D eigenvalue weighted by atomic mass is 127. The Morgan fingerprint density at radius 1 is 1.40 bits per heavy atom. The van der Waals surface area contributed by atoms with Gasteiger partial charge in [-0.25, -0.2) is 0 Å². The first kappa shape index (κ1) is 20.5. The second-order valence-corrected chi connectivity index (χ2v) is 7.73. The molecule has 0 aromatic heterocycles. The monoisotopic (exact) mass is 520 g/mol. The van der Waals surface area contributed by atoms with Gasteiger partial charge in [0.2, 0.25) is 5.91 Å². The molecule has 25 heavy (non-hydrogen) atoms. The quantitative estimate of drug-likeness (QED) is 0.364. The second kappa shape index (κ2) is 9.21. The molecule has 2 fully saturated rings. The third-order valence-electron chi connectivity index (χ3n) is 4.92. The maximum atomic E-state index is 11.2. The van der Waals surface area contributed by atoms with Crippen molar-refractivity contribution in [2.45, 2.75) is 37.6 Å². The summed E-state index contributed by atoms with van der Waals surface area (Å²) in [7, 11) is 1.83. The lowest BCUT2D eigenvalue weighted by Crippen LogP contribution is -2.48. The van der Waals surface area contributed by atoms with E-state index in [4.69, 9.17) is 5.73 Å². The third kappa shape index (κ3) is 5.57. The van der Waals surface area contributed by atoms with Crippen LogP contribution in [0.2, 0.25) is 0 Å². The van der Waals surface area contributed by atoms with Crippen molar-refractivity contribution in [2.75, 3.05) is 20.1 Å². The van der Waals surface area contributed by atoms with Crippen LogP contribution in [0.5, 0.6) is 0 Å². The van der Waals surface area contributed by atoms with Crippen molar-refractivity contribution in [1.29, 1.82) is 0 Å². The number of benzene rings is 1. The van der Waals surface area contributed by atoms with Gasteiger partial charge < -0.3 is 16.0 Å². The smallest absolute Gasteiger partial charge is 0.217 e. The van der Waals surface area contributed by atoms with Crippen LogP contribution in [0.1, 0.15) is 37.2 Å². The summed E-state index contributed by atoms with van der Waals surface area (Å²) in [6.45, 7) is 1.85. The van der Waals surface area contributed by atoms with E-state index >= 15 is 0 Å². The number of hydrogen-bond donors (Lipinski definition) is 2. The number of piperidine rings is 1. The molecule has 138 valence electrons. The molecule has 7 heteroatoms. The molecule has 3 rings (SSSR count). The van der Waals surface area contributed by atoms with E-state index in [0.29, 0.717) is 24.3 Å². The fourth-order valence-corrected chi connectivity index (χ4v) is 3.87. The Morgan fingerprint density at radius 3 is 2.76 bits per heavy atom. The molecule has 3 atom stereocenters. The Kier molecular flexibility index (Phi) is 7.54. The molecule has 3 N–H and O–H groups in total. The number of hydrogen-bond acceptors (Lipinski definition) is 2. The molecule has 1 heterocycles. The molecule has 1 aliphatic carbocycles. The van der Waals surface area contributed by atoms with Crippen LogP contribution in [0.4, 0.5) is 0 Å². The Labute approximate surface area is 175 Å². The number of amides is 1. The number of nitrogens with zero attached hydrogens (tertiary/aromatic N) is 2. The van der Waals surface area contributed by atoms with Gasteiger partial charge in [0.25, 0.3) is 0 Å². The number of nitrogens with two attached hydrogens (primary N) is 1. The zero-order valence-corrected chi connectivity index (χ0v) is 18.4. The van der Waals surface area contributed by atoms with E-state index in [9.17, 15) is 4.79 Å². The lowest BCUT2D eigenvalue weighted by molar-refractivity contribution is -0.119. The Hall–Kier alpha value is -0.830. The number of primary amides is 1. The molecule has 1 amide bonds. The van der Waals surface area contributed by atoms with E-state index in [0.717, 1.165) is 42.8 Å². The first-order valence-corrected chi connectivity index (χ1v) is 9.38. The number of guanidine groups is 1. The largest absolute Gasteiger partial charge is 0.370 e. The minimum Gasteiger partial charge on any atom is -0.370 e. The zero-order chi connectivity index (χ0) is 17.1. The first-order chi connectivity index (χ1) is 11.6. The Bertz CT molecular complexity index is 622. The van der Waals surface area contributed by atoms with Gasteiger partial charge in [-0.2, -0.15) is 0 Å². The molecule has 1 aliphatic heterocycles. The van der Waals surface area contributed by atoms with Gasteiger partial charge in [-0.1, -0.05) is 28.1 Å². The van der Waals surface area contributed by atoms with E-state index < -0.39 is 0 Å². The number of carbonyl (C=O) groups is 1. The average molecular weight is 521 g/mol. The van der Waals surface area contributed by atoms with E-state index in [-0.39, 0.29) is 29.9 Å². The van der Waals surface area contributed by atoms with E-state index in [1.165, 1.54) is 5.56 Å². The summed E-state index contributed by atoms with van der Waals surface area (Å²) >= 11 is 3.48. The van der Waals surface area contributed by atoms with Crippen molar-refractivity contribution in [2.24, 2.45) is 16.6 Å². The molecule has 1 saturated heterocycles. The first-order valence-electron chi connectivity index (χ1n) is 8.59. The number of rotatable bonds is 4.